The molecule has 0 radical (unpaired) electrons. The van der Waals surface area contributed by atoms with E-state index in [-0.39, 0.29) is 11.3 Å². The van der Waals surface area contributed by atoms with E-state index < -0.39 is 0 Å². The van der Waals surface area contributed by atoms with Crippen LogP contribution in [0.15, 0.2) is 11.1 Å². The van der Waals surface area contributed by atoms with Gasteiger partial charge in [-0.15, -0.1) is 0 Å². The van der Waals surface area contributed by atoms with Crippen molar-refractivity contribution in [2.75, 3.05) is 7.05 Å². The third kappa shape index (κ3) is 2.32. The number of rotatable bonds is 1. The van der Waals surface area contributed by atoms with Crippen molar-refractivity contribution < 1.29 is 4.79 Å². The molecule has 0 spiro atoms. The summed E-state index contributed by atoms with van der Waals surface area (Å²) in [4.78, 5) is 13.0. The lowest BCUT2D eigenvalue weighted by atomic mass is 9.84. The van der Waals surface area contributed by atoms with Crippen LogP contribution in [-0.4, -0.2) is 22.7 Å². The number of allylic oxidation sites excluding steroid dienone is 1. The summed E-state index contributed by atoms with van der Waals surface area (Å²) in [5.41, 5.74) is 1.61. The molecule has 1 aliphatic rings. The molecule has 0 aromatic heterocycles. The van der Waals surface area contributed by atoms with E-state index in [1.807, 2.05) is 0 Å². The van der Waals surface area contributed by atoms with Gasteiger partial charge in [0.2, 0.25) is 0 Å². The van der Waals surface area contributed by atoms with Crippen molar-refractivity contribution in [3.05, 3.63) is 11.1 Å². The maximum Gasteiger partial charge on any atom is 0.252 e. The first kappa shape index (κ1) is 12.5. The Hall–Kier alpha value is -0.610. The predicted molar refractivity (Wildman–Crippen MR) is 70.4 cm³/mol. The Morgan fingerprint density at radius 2 is 1.87 bits per heavy atom. The van der Waals surface area contributed by atoms with E-state index in [0.717, 1.165) is 5.57 Å². The van der Waals surface area contributed by atoms with Crippen molar-refractivity contribution >= 4 is 40.1 Å². The Morgan fingerprint density at radius 1 is 1.33 bits per heavy atom. The van der Waals surface area contributed by atoms with Gasteiger partial charge in [0.05, 0.1) is 10.4 Å². The summed E-state index contributed by atoms with van der Waals surface area (Å²) in [6.45, 7) is 6.21. The van der Waals surface area contributed by atoms with Crippen molar-refractivity contribution in [1.82, 2.24) is 5.32 Å². The van der Waals surface area contributed by atoms with E-state index in [1.165, 1.54) is 0 Å². The monoisotopic (exact) mass is 241 g/mol. The summed E-state index contributed by atoms with van der Waals surface area (Å²) in [5.74, 6) is -0.121. The fraction of sp³-hybridized carbons (Fsp3) is 0.545. The molecule has 0 heterocycles. The summed E-state index contributed by atoms with van der Waals surface area (Å²) in [5, 5.41) is 2.62. The Labute approximate surface area is 101 Å². The van der Waals surface area contributed by atoms with Gasteiger partial charge in [-0.1, -0.05) is 45.2 Å². The predicted octanol–water partition coefficient (Wildman–Crippen LogP) is 2.22. The Kier molecular flexibility index (Phi) is 3.41. The maximum atomic E-state index is 11.7. The molecular weight excluding hydrogens is 226 g/mol. The number of nitrogens with one attached hydrogen (secondary N) is 1. The molecule has 0 saturated heterocycles. The largest absolute Gasteiger partial charge is 0.355 e. The van der Waals surface area contributed by atoms with E-state index >= 15 is 0 Å². The average Bonchev–Trinajstić information content (AvgIpc) is 2.42. The summed E-state index contributed by atoms with van der Waals surface area (Å²) >= 11 is 10.4. The van der Waals surface area contributed by atoms with E-state index in [4.69, 9.17) is 24.4 Å². The van der Waals surface area contributed by atoms with Gasteiger partial charge in [0.15, 0.2) is 0 Å². The van der Waals surface area contributed by atoms with Gasteiger partial charge in [-0.3, -0.25) is 4.79 Å². The van der Waals surface area contributed by atoms with Crippen LogP contribution in [0.5, 0.6) is 0 Å². The Balaban J connectivity index is 3.28. The van der Waals surface area contributed by atoms with Crippen LogP contribution in [0.4, 0.5) is 0 Å². The van der Waals surface area contributed by atoms with Gasteiger partial charge in [-0.2, -0.15) is 0 Å². The molecule has 0 atom stereocenters. The van der Waals surface area contributed by atoms with Crippen LogP contribution >= 0.6 is 24.4 Å². The van der Waals surface area contributed by atoms with Crippen molar-refractivity contribution in [3.63, 3.8) is 0 Å². The van der Waals surface area contributed by atoms with Crippen LogP contribution < -0.4 is 5.32 Å². The SMILES string of the molecule is CNC(=O)C1=C(C(C)(C)C)CC(=S)C1=S. The molecule has 0 fully saturated rings. The molecule has 0 bridgehead atoms. The van der Waals surface area contributed by atoms with E-state index in [1.54, 1.807) is 7.05 Å². The Morgan fingerprint density at radius 3 is 2.27 bits per heavy atom. The zero-order chi connectivity index (χ0) is 11.8. The Bertz CT molecular complexity index is 375. The van der Waals surface area contributed by atoms with Crippen molar-refractivity contribution in [1.29, 1.82) is 0 Å². The second-order valence-corrected chi connectivity index (χ2v) is 5.51. The molecule has 15 heavy (non-hydrogen) atoms. The van der Waals surface area contributed by atoms with Gasteiger partial charge in [0.25, 0.3) is 5.91 Å². The highest BCUT2D eigenvalue weighted by Gasteiger charge is 2.34. The van der Waals surface area contributed by atoms with Gasteiger partial charge in [-0.05, 0) is 11.0 Å². The third-order valence-electron chi connectivity index (χ3n) is 2.48. The quantitative estimate of drug-likeness (QED) is 0.714. The molecule has 2 nitrogen and oxygen atoms in total. The molecule has 1 amide bonds. The number of thiocarbonyl (C=S) groups is 2. The number of carbonyl (C=O) groups is 1. The summed E-state index contributed by atoms with van der Waals surface area (Å²) in [6, 6.07) is 0. The molecule has 0 unspecified atom stereocenters. The van der Waals surface area contributed by atoms with E-state index in [9.17, 15) is 4.79 Å². The maximum absolute atomic E-state index is 11.7. The first-order valence-corrected chi connectivity index (χ1v) is 5.64. The molecule has 1 N–H and O–H groups in total. The van der Waals surface area contributed by atoms with Gasteiger partial charge in [0.1, 0.15) is 0 Å². The topological polar surface area (TPSA) is 29.1 Å². The van der Waals surface area contributed by atoms with Gasteiger partial charge >= 0.3 is 0 Å². The molecular formula is C11H15NOS2. The van der Waals surface area contributed by atoms with Gasteiger partial charge in [-0.25, -0.2) is 0 Å². The lowest BCUT2D eigenvalue weighted by molar-refractivity contribution is -0.116. The van der Waals surface area contributed by atoms with Crippen molar-refractivity contribution in [2.24, 2.45) is 5.41 Å². The molecule has 1 aliphatic carbocycles. The molecule has 82 valence electrons. The number of hydrogen-bond donors (Lipinski definition) is 1. The van der Waals surface area contributed by atoms with Gasteiger partial charge in [0, 0.05) is 18.3 Å². The lowest BCUT2D eigenvalue weighted by Crippen LogP contribution is -2.25. The highest BCUT2D eigenvalue weighted by Crippen LogP contribution is 2.36. The van der Waals surface area contributed by atoms with Crippen LogP contribution in [0.3, 0.4) is 0 Å². The van der Waals surface area contributed by atoms with Crippen LogP contribution in [0, 0.1) is 5.41 Å². The van der Waals surface area contributed by atoms with Crippen molar-refractivity contribution in [2.45, 2.75) is 27.2 Å². The number of carbonyl (C=O) groups excluding carboxylic acids is 1. The highest BCUT2D eigenvalue weighted by atomic mass is 32.1. The van der Waals surface area contributed by atoms with Crippen LogP contribution in [0.2, 0.25) is 0 Å². The molecule has 0 aromatic carbocycles. The minimum absolute atomic E-state index is 0.0630. The molecule has 4 heteroatoms. The smallest absolute Gasteiger partial charge is 0.252 e. The van der Waals surface area contributed by atoms with E-state index in [0.29, 0.717) is 21.7 Å². The minimum atomic E-state index is -0.121. The fourth-order valence-corrected chi connectivity index (χ4v) is 2.15. The number of likely N-dealkylation sites (N-methyl/N-ethyl adjacent to an activating group) is 1. The van der Waals surface area contributed by atoms with Crippen molar-refractivity contribution in [3.8, 4) is 0 Å². The molecule has 0 aliphatic heterocycles. The second-order valence-electron chi connectivity index (χ2n) is 4.61. The standard InChI is InChI=1S/C11H15NOS2/c1-11(2,3)6-5-7(14)9(15)8(6)10(13)12-4/h5H2,1-4H3,(H,12,13). The molecule has 0 aromatic rings. The normalized spacial score (nSPS) is 17.3. The number of hydrogen-bond acceptors (Lipinski definition) is 3. The summed E-state index contributed by atoms with van der Waals surface area (Å²) < 4.78 is 0. The first-order chi connectivity index (χ1) is 6.79. The minimum Gasteiger partial charge on any atom is -0.355 e. The zero-order valence-electron chi connectivity index (χ0n) is 9.43. The molecule has 1 rings (SSSR count). The highest BCUT2D eigenvalue weighted by molar-refractivity contribution is 7.90. The first-order valence-electron chi connectivity index (χ1n) is 4.82. The summed E-state index contributed by atoms with van der Waals surface area (Å²) in [7, 11) is 1.61. The van der Waals surface area contributed by atoms with Crippen LogP contribution in [-0.2, 0) is 4.79 Å². The summed E-state index contributed by atoms with van der Waals surface area (Å²) in [6.07, 6.45) is 0.653. The van der Waals surface area contributed by atoms with Crippen LogP contribution in [0.25, 0.3) is 0 Å². The second kappa shape index (κ2) is 4.10. The molecule has 0 saturated carbocycles. The average molecular weight is 241 g/mol. The third-order valence-corrected chi connectivity index (χ3v) is 3.41. The number of amides is 1. The van der Waals surface area contributed by atoms with Gasteiger partial charge < -0.3 is 5.32 Å². The lowest BCUT2D eigenvalue weighted by Gasteiger charge is -2.21. The van der Waals surface area contributed by atoms with Crippen LogP contribution in [0.1, 0.15) is 27.2 Å². The fourth-order valence-electron chi connectivity index (χ4n) is 1.61. The zero-order valence-corrected chi connectivity index (χ0v) is 11.1. The van der Waals surface area contributed by atoms with E-state index in [2.05, 4.69) is 26.1 Å².